The van der Waals surface area contributed by atoms with Gasteiger partial charge in [0.1, 0.15) is 17.3 Å². The molecule has 1 N–H and O–H groups in total. The summed E-state index contributed by atoms with van der Waals surface area (Å²) in [7, 11) is 1.78. The fourth-order valence-electron chi connectivity index (χ4n) is 3.93. The molecule has 2 unspecified atom stereocenters. The summed E-state index contributed by atoms with van der Waals surface area (Å²) >= 11 is 0. The molecule has 2 atom stereocenters. The molecule has 0 amide bonds. The number of anilines is 1. The molecule has 1 saturated carbocycles. The SMILES string of the molecule is CNCc1cc(F)c(N2CCCC3CCCC32)c(F)c1. The van der Waals surface area contributed by atoms with Crippen molar-refractivity contribution in [1.29, 1.82) is 0 Å². The number of rotatable bonds is 3. The lowest BCUT2D eigenvalue weighted by atomic mass is 9.91. The van der Waals surface area contributed by atoms with E-state index in [2.05, 4.69) is 5.32 Å². The van der Waals surface area contributed by atoms with E-state index >= 15 is 0 Å². The molecule has 2 nitrogen and oxygen atoms in total. The van der Waals surface area contributed by atoms with Gasteiger partial charge in [0.25, 0.3) is 0 Å². The number of fused-ring (bicyclic) bond motifs is 1. The number of piperidine rings is 1. The molecule has 1 aromatic rings. The predicted molar refractivity (Wildman–Crippen MR) is 76.8 cm³/mol. The Morgan fingerprint density at radius 3 is 2.55 bits per heavy atom. The zero-order valence-corrected chi connectivity index (χ0v) is 12.0. The van der Waals surface area contributed by atoms with Gasteiger partial charge in [0.15, 0.2) is 0 Å². The number of hydrogen-bond acceptors (Lipinski definition) is 2. The Bertz CT molecular complexity index is 466. The monoisotopic (exact) mass is 280 g/mol. The van der Waals surface area contributed by atoms with Crippen molar-refractivity contribution in [2.45, 2.75) is 44.7 Å². The lowest BCUT2D eigenvalue weighted by molar-refractivity contribution is 0.356. The quantitative estimate of drug-likeness (QED) is 0.912. The van der Waals surface area contributed by atoms with Crippen molar-refractivity contribution in [3.63, 3.8) is 0 Å². The Balaban J connectivity index is 1.92. The Morgan fingerprint density at radius 1 is 1.15 bits per heavy atom. The van der Waals surface area contributed by atoms with E-state index in [9.17, 15) is 8.78 Å². The van der Waals surface area contributed by atoms with Gasteiger partial charge in [-0.3, -0.25) is 0 Å². The number of nitrogens with zero attached hydrogens (tertiary/aromatic N) is 1. The first-order chi connectivity index (χ1) is 9.70. The Labute approximate surface area is 119 Å². The molecule has 1 saturated heterocycles. The molecule has 20 heavy (non-hydrogen) atoms. The average Bonchev–Trinajstić information content (AvgIpc) is 2.87. The van der Waals surface area contributed by atoms with E-state index in [4.69, 9.17) is 0 Å². The van der Waals surface area contributed by atoms with E-state index in [1.165, 1.54) is 31.4 Å². The summed E-state index contributed by atoms with van der Waals surface area (Å²) in [6.07, 6.45) is 5.72. The molecule has 0 aromatic heterocycles. The van der Waals surface area contributed by atoms with Crippen LogP contribution in [0.15, 0.2) is 12.1 Å². The standard InChI is InChI=1S/C16H22F2N2/c1-19-10-11-8-13(17)16(14(18)9-11)20-7-3-5-12-4-2-6-15(12)20/h8-9,12,15,19H,2-7,10H2,1H3. The molecule has 1 heterocycles. The van der Waals surface area contributed by atoms with E-state index in [1.807, 2.05) is 4.90 Å². The second-order valence-electron chi connectivity index (χ2n) is 6.03. The first kappa shape index (κ1) is 13.8. The number of hydrogen-bond donors (Lipinski definition) is 1. The van der Waals surface area contributed by atoms with Crippen LogP contribution in [0.2, 0.25) is 0 Å². The minimum atomic E-state index is -0.414. The number of nitrogens with one attached hydrogen (secondary N) is 1. The molecule has 2 aliphatic rings. The molecular formula is C16H22F2N2. The largest absolute Gasteiger partial charge is 0.364 e. The molecule has 3 rings (SSSR count). The Hall–Kier alpha value is -1.16. The molecule has 4 heteroatoms. The first-order valence-electron chi connectivity index (χ1n) is 7.60. The van der Waals surface area contributed by atoms with E-state index in [-0.39, 0.29) is 5.69 Å². The molecule has 1 aliphatic carbocycles. The maximum absolute atomic E-state index is 14.4. The molecule has 110 valence electrons. The van der Waals surface area contributed by atoms with E-state index < -0.39 is 11.6 Å². The van der Waals surface area contributed by atoms with Gasteiger partial charge < -0.3 is 10.2 Å². The third kappa shape index (κ3) is 2.41. The summed E-state index contributed by atoms with van der Waals surface area (Å²) in [5, 5.41) is 2.93. The van der Waals surface area contributed by atoms with Gasteiger partial charge in [-0.05, 0) is 56.3 Å². The van der Waals surface area contributed by atoms with Crippen molar-refractivity contribution in [3.05, 3.63) is 29.3 Å². The summed E-state index contributed by atoms with van der Waals surface area (Å²) < 4.78 is 28.7. The van der Waals surface area contributed by atoms with Gasteiger partial charge >= 0.3 is 0 Å². The van der Waals surface area contributed by atoms with Gasteiger partial charge in [0, 0.05) is 19.1 Å². The highest BCUT2D eigenvalue weighted by atomic mass is 19.1. The summed E-state index contributed by atoms with van der Waals surface area (Å²) in [4.78, 5) is 2.00. The minimum Gasteiger partial charge on any atom is -0.364 e. The molecular weight excluding hydrogens is 258 g/mol. The maximum Gasteiger partial charge on any atom is 0.149 e. The zero-order valence-electron chi connectivity index (χ0n) is 12.0. The van der Waals surface area contributed by atoms with Crippen molar-refractivity contribution in [3.8, 4) is 0 Å². The van der Waals surface area contributed by atoms with Gasteiger partial charge in [-0.2, -0.15) is 0 Å². The number of halogens is 2. The predicted octanol–water partition coefficient (Wildman–Crippen LogP) is 3.45. The highest BCUT2D eigenvalue weighted by Crippen LogP contribution is 2.40. The zero-order chi connectivity index (χ0) is 14.1. The maximum atomic E-state index is 14.4. The Kier molecular flexibility index (Phi) is 3.92. The normalized spacial score (nSPS) is 25.9. The van der Waals surface area contributed by atoms with Gasteiger partial charge in [0.2, 0.25) is 0 Å². The molecule has 0 radical (unpaired) electrons. The summed E-state index contributed by atoms with van der Waals surface area (Å²) in [6.45, 7) is 1.26. The van der Waals surface area contributed by atoms with Gasteiger partial charge in [-0.15, -0.1) is 0 Å². The van der Waals surface area contributed by atoms with Crippen LogP contribution < -0.4 is 10.2 Å². The van der Waals surface area contributed by atoms with Crippen LogP contribution in [-0.2, 0) is 6.54 Å². The van der Waals surface area contributed by atoms with Crippen LogP contribution in [0.4, 0.5) is 14.5 Å². The van der Waals surface area contributed by atoms with Crippen LogP contribution in [-0.4, -0.2) is 19.6 Å². The van der Waals surface area contributed by atoms with Gasteiger partial charge in [0.05, 0.1) is 0 Å². The van der Waals surface area contributed by atoms with E-state index in [1.54, 1.807) is 7.05 Å². The third-order valence-electron chi connectivity index (χ3n) is 4.74. The highest BCUT2D eigenvalue weighted by Gasteiger charge is 2.37. The molecule has 1 aromatic carbocycles. The summed E-state index contributed by atoms with van der Waals surface area (Å²) in [5.41, 5.74) is 0.854. The van der Waals surface area contributed by atoms with E-state index in [0.29, 0.717) is 24.1 Å². The molecule has 0 bridgehead atoms. The summed E-state index contributed by atoms with van der Waals surface area (Å²) in [6, 6.07) is 3.27. The molecule has 2 fully saturated rings. The van der Waals surface area contributed by atoms with Crippen molar-refractivity contribution in [2.75, 3.05) is 18.5 Å². The highest BCUT2D eigenvalue weighted by molar-refractivity contribution is 5.52. The van der Waals surface area contributed by atoms with Crippen molar-refractivity contribution < 1.29 is 8.78 Å². The molecule has 1 aliphatic heterocycles. The van der Waals surface area contributed by atoms with Gasteiger partial charge in [-0.1, -0.05) is 6.42 Å². The second kappa shape index (κ2) is 5.68. The fourth-order valence-corrected chi connectivity index (χ4v) is 3.93. The minimum absolute atomic E-state index is 0.196. The van der Waals surface area contributed by atoms with Crippen molar-refractivity contribution >= 4 is 5.69 Å². The van der Waals surface area contributed by atoms with Crippen LogP contribution in [0.3, 0.4) is 0 Å². The van der Waals surface area contributed by atoms with Crippen LogP contribution in [0.1, 0.15) is 37.7 Å². The van der Waals surface area contributed by atoms with Gasteiger partial charge in [-0.25, -0.2) is 8.78 Å². The molecule has 0 spiro atoms. The van der Waals surface area contributed by atoms with Crippen molar-refractivity contribution in [1.82, 2.24) is 5.32 Å². The third-order valence-corrected chi connectivity index (χ3v) is 4.74. The second-order valence-corrected chi connectivity index (χ2v) is 6.03. The number of benzene rings is 1. The Morgan fingerprint density at radius 2 is 1.85 bits per heavy atom. The lowest BCUT2D eigenvalue weighted by Gasteiger charge is -2.39. The van der Waals surface area contributed by atoms with Crippen LogP contribution in [0.25, 0.3) is 0 Å². The van der Waals surface area contributed by atoms with Crippen molar-refractivity contribution in [2.24, 2.45) is 5.92 Å². The van der Waals surface area contributed by atoms with Crippen LogP contribution in [0, 0.1) is 17.6 Å². The smallest absolute Gasteiger partial charge is 0.149 e. The first-order valence-corrected chi connectivity index (χ1v) is 7.60. The van der Waals surface area contributed by atoms with Crippen LogP contribution in [0.5, 0.6) is 0 Å². The topological polar surface area (TPSA) is 15.3 Å². The fraction of sp³-hybridized carbons (Fsp3) is 0.625. The lowest BCUT2D eigenvalue weighted by Crippen LogP contribution is -2.43. The van der Waals surface area contributed by atoms with Crippen LogP contribution >= 0.6 is 0 Å². The summed E-state index contributed by atoms with van der Waals surface area (Å²) in [5.74, 6) is -0.204. The average molecular weight is 280 g/mol. The van der Waals surface area contributed by atoms with E-state index in [0.717, 1.165) is 19.4 Å².